The fraction of sp³-hybridized carbons (Fsp3) is 0.397. The number of rotatable bonds is 2. The fourth-order valence-electron chi connectivity index (χ4n) is 13.9. The number of furan rings is 2. The zero-order valence-electron chi connectivity index (χ0n) is 42.8. The van der Waals surface area contributed by atoms with Crippen LogP contribution in [0.15, 0.2) is 106 Å². The summed E-state index contributed by atoms with van der Waals surface area (Å²) in [6, 6.07) is 37.9. The van der Waals surface area contributed by atoms with E-state index in [1.165, 1.54) is 90.8 Å². The molecule has 4 heterocycles. The molecule has 0 N–H and O–H groups in total. The van der Waals surface area contributed by atoms with Crippen molar-refractivity contribution in [3.8, 4) is 0 Å². The van der Waals surface area contributed by atoms with Gasteiger partial charge >= 0.3 is 0 Å². The van der Waals surface area contributed by atoms with Crippen LogP contribution in [0, 0.1) is 6.92 Å². The van der Waals surface area contributed by atoms with Crippen LogP contribution in [0.3, 0.4) is 0 Å². The van der Waals surface area contributed by atoms with E-state index in [2.05, 4.69) is 197 Å². The van der Waals surface area contributed by atoms with Gasteiger partial charge in [0, 0.05) is 33.5 Å². The molecule has 2 aliphatic heterocycles. The highest BCUT2D eigenvalue weighted by atomic mass is 16.3. The highest BCUT2D eigenvalue weighted by molar-refractivity contribution is 7.00. The summed E-state index contributed by atoms with van der Waals surface area (Å²) in [4.78, 5) is 5.26. The first-order chi connectivity index (χ1) is 32.1. The van der Waals surface area contributed by atoms with Gasteiger partial charge in [0.25, 0.3) is 6.71 Å². The van der Waals surface area contributed by atoms with Crippen LogP contribution in [0.1, 0.15) is 161 Å². The van der Waals surface area contributed by atoms with Gasteiger partial charge in [0.1, 0.15) is 16.7 Å². The van der Waals surface area contributed by atoms with Gasteiger partial charge in [-0.1, -0.05) is 119 Å². The minimum Gasteiger partial charge on any atom is -0.468 e. The summed E-state index contributed by atoms with van der Waals surface area (Å²) in [5.41, 5.74) is 24.0. The minimum atomic E-state index is -0.136. The maximum Gasteiger partial charge on any atom is 0.297 e. The van der Waals surface area contributed by atoms with Crippen molar-refractivity contribution in [2.45, 2.75) is 161 Å². The van der Waals surface area contributed by atoms with Gasteiger partial charge in [-0.15, -0.1) is 0 Å². The molecule has 0 unspecified atom stereocenters. The summed E-state index contributed by atoms with van der Waals surface area (Å²) >= 11 is 0. The summed E-state index contributed by atoms with van der Waals surface area (Å²) in [6.45, 7) is 31.6. The molecule has 0 amide bonds. The molecule has 5 aliphatic rings. The van der Waals surface area contributed by atoms with Gasteiger partial charge in [-0.25, -0.2) is 0 Å². The molecule has 0 saturated heterocycles. The highest BCUT2D eigenvalue weighted by Gasteiger charge is 2.50. The highest BCUT2D eigenvalue weighted by Crippen LogP contribution is 2.56. The number of hydrogen-bond acceptors (Lipinski definition) is 4. The number of nitrogens with zero attached hydrogens (tertiary/aromatic N) is 2. The van der Waals surface area contributed by atoms with E-state index in [4.69, 9.17) is 8.83 Å². The average Bonchev–Trinajstić information content (AvgIpc) is 3.86. The van der Waals surface area contributed by atoms with Crippen molar-refractivity contribution < 1.29 is 8.83 Å². The van der Waals surface area contributed by atoms with Gasteiger partial charge in [-0.05, 0) is 188 Å². The van der Waals surface area contributed by atoms with Crippen molar-refractivity contribution in [3.63, 3.8) is 0 Å². The standard InChI is InChI=1S/C63H67BN2O2/c1-36-29-49-55-50(30-36)66(47-18-16-20-52-54(47)38-17-14-15-19-51(38)67-52)56-39-32-42-45(63(12,13)28-25-60(42,6)7)35-53(39)68-57(56)64(55)46-33-43-44(62(10,11)27-26-61(43,8)9)34-48(46)65(49)37-21-22-40-41(31-37)59(4,5)24-23-58(40,2)3/h14-22,29-35H,23-28H2,1-13H3. The maximum absolute atomic E-state index is 7.71. The van der Waals surface area contributed by atoms with E-state index in [0.29, 0.717) is 0 Å². The van der Waals surface area contributed by atoms with Gasteiger partial charge in [0.2, 0.25) is 0 Å². The van der Waals surface area contributed by atoms with Crippen molar-refractivity contribution in [1.82, 2.24) is 0 Å². The molecule has 0 spiro atoms. The molecule has 0 bridgehead atoms. The van der Waals surface area contributed by atoms with E-state index in [0.717, 1.165) is 70.2 Å². The van der Waals surface area contributed by atoms with E-state index in [-0.39, 0.29) is 39.2 Å². The summed E-state index contributed by atoms with van der Waals surface area (Å²) in [5.74, 6) is 0. The van der Waals surface area contributed by atoms with E-state index in [9.17, 15) is 0 Å². The van der Waals surface area contributed by atoms with Crippen molar-refractivity contribution in [2.24, 2.45) is 0 Å². The third kappa shape index (κ3) is 5.68. The Bertz CT molecular complexity index is 3520. The molecule has 0 radical (unpaired) electrons. The molecule has 13 rings (SSSR count). The largest absolute Gasteiger partial charge is 0.468 e. The van der Waals surface area contributed by atoms with Crippen LogP contribution in [0.25, 0.3) is 32.9 Å². The lowest BCUT2D eigenvalue weighted by Crippen LogP contribution is -2.61. The van der Waals surface area contributed by atoms with Crippen LogP contribution in [-0.2, 0) is 32.5 Å². The maximum atomic E-state index is 7.71. The molecule has 5 heteroatoms. The summed E-state index contributed by atoms with van der Waals surface area (Å²) in [5, 5.41) is 3.44. The number of anilines is 6. The monoisotopic (exact) mass is 895 g/mol. The zero-order chi connectivity index (χ0) is 47.4. The van der Waals surface area contributed by atoms with Crippen LogP contribution >= 0.6 is 0 Å². The van der Waals surface area contributed by atoms with Crippen molar-refractivity contribution in [2.75, 3.05) is 9.80 Å². The van der Waals surface area contributed by atoms with Crippen LogP contribution in [-0.4, -0.2) is 6.71 Å². The Morgan fingerprint density at radius 2 is 0.971 bits per heavy atom. The Balaban J connectivity index is 1.19. The van der Waals surface area contributed by atoms with Crippen LogP contribution in [0.2, 0.25) is 0 Å². The molecule has 68 heavy (non-hydrogen) atoms. The Hall–Kier alpha value is -5.68. The predicted octanol–water partition coefficient (Wildman–Crippen LogP) is 15.8. The number of benzene rings is 6. The van der Waals surface area contributed by atoms with E-state index in [1.807, 2.05) is 0 Å². The second-order valence-corrected chi connectivity index (χ2v) is 25.8. The first kappa shape index (κ1) is 42.4. The second-order valence-electron chi connectivity index (χ2n) is 25.8. The molecule has 6 aromatic carbocycles. The van der Waals surface area contributed by atoms with Crippen molar-refractivity contribution >= 4 is 90.3 Å². The van der Waals surface area contributed by atoms with E-state index < -0.39 is 0 Å². The fourth-order valence-corrected chi connectivity index (χ4v) is 13.9. The number of aryl methyl sites for hydroxylation is 1. The average molecular weight is 895 g/mol. The number of fused-ring (bicyclic) bond motifs is 12. The first-order valence-corrected chi connectivity index (χ1v) is 25.7. The second kappa shape index (κ2) is 13.3. The SMILES string of the molecule is Cc1cc2c3c(c1)N(c1cccc4oc5ccccc5c14)c1c(oc4cc5c(cc14)C(C)(C)CCC5(C)C)B3c1cc3c(cc1N2c1ccc2c(c1)C(C)(C)CCC2(C)C)C(C)(C)CCC3(C)C. The lowest BCUT2D eigenvalue weighted by Gasteiger charge is -2.47. The first-order valence-electron chi connectivity index (χ1n) is 25.7. The predicted molar refractivity (Wildman–Crippen MR) is 288 cm³/mol. The van der Waals surface area contributed by atoms with E-state index >= 15 is 0 Å². The Labute approximate surface area is 404 Å². The smallest absolute Gasteiger partial charge is 0.297 e. The van der Waals surface area contributed by atoms with Crippen molar-refractivity contribution in [1.29, 1.82) is 0 Å². The lowest BCUT2D eigenvalue weighted by atomic mass is 9.35. The third-order valence-electron chi connectivity index (χ3n) is 18.5. The summed E-state index contributed by atoms with van der Waals surface area (Å²) < 4.78 is 14.4. The van der Waals surface area contributed by atoms with Crippen molar-refractivity contribution in [3.05, 3.63) is 136 Å². The molecule has 3 aliphatic carbocycles. The van der Waals surface area contributed by atoms with E-state index in [1.54, 1.807) is 0 Å². The molecular weight excluding hydrogens is 828 g/mol. The Morgan fingerprint density at radius 1 is 0.426 bits per heavy atom. The number of hydrogen-bond donors (Lipinski definition) is 0. The minimum absolute atomic E-state index is 0.0220. The van der Waals surface area contributed by atoms with Crippen LogP contribution in [0.4, 0.5) is 34.1 Å². The summed E-state index contributed by atoms with van der Waals surface area (Å²) in [6.07, 6.45) is 6.96. The molecule has 4 nitrogen and oxygen atoms in total. The number of para-hydroxylation sites is 1. The lowest BCUT2D eigenvalue weighted by molar-refractivity contribution is 0.332. The van der Waals surface area contributed by atoms with Crippen LogP contribution < -0.4 is 26.4 Å². The molecule has 2 aromatic heterocycles. The van der Waals surface area contributed by atoms with Gasteiger partial charge in [-0.3, -0.25) is 0 Å². The molecule has 8 aromatic rings. The third-order valence-corrected chi connectivity index (χ3v) is 18.5. The molecule has 344 valence electrons. The molecule has 0 fully saturated rings. The van der Waals surface area contributed by atoms with Gasteiger partial charge in [0.15, 0.2) is 0 Å². The Morgan fingerprint density at radius 3 is 1.63 bits per heavy atom. The van der Waals surface area contributed by atoms with Crippen LogP contribution in [0.5, 0.6) is 0 Å². The molecular formula is C63H67BN2O2. The zero-order valence-corrected chi connectivity index (χ0v) is 42.8. The van der Waals surface area contributed by atoms with Gasteiger partial charge in [0.05, 0.1) is 22.4 Å². The quantitative estimate of drug-likeness (QED) is 0.162. The normalized spacial score (nSPS) is 20.7. The molecule has 0 atom stereocenters. The van der Waals surface area contributed by atoms with Gasteiger partial charge < -0.3 is 18.6 Å². The molecule has 0 saturated carbocycles. The summed E-state index contributed by atoms with van der Waals surface area (Å²) in [7, 11) is 0. The Kier molecular flexibility index (Phi) is 8.33. The van der Waals surface area contributed by atoms with Gasteiger partial charge in [-0.2, -0.15) is 0 Å². The topological polar surface area (TPSA) is 32.8 Å².